The van der Waals surface area contributed by atoms with Gasteiger partial charge in [0.25, 0.3) is 10.0 Å². The molecule has 2 amide bonds. The van der Waals surface area contributed by atoms with E-state index in [1.165, 1.54) is 31.2 Å². The van der Waals surface area contributed by atoms with E-state index in [0.29, 0.717) is 12.2 Å². The minimum absolute atomic E-state index is 0.0392. The Kier molecular flexibility index (Phi) is 9.30. The van der Waals surface area contributed by atoms with Gasteiger partial charge in [-0.25, -0.2) is 8.42 Å². The Morgan fingerprint density at radius 1 is 0.973 bits per heavy atom. The average molecular weight is 524 g/mol. The zero-order valence-corrected chi connectivity index (χ0v) is 22.4. The summed E-state index contributed by atoms with van der Waals surface area (Å²) in [6.07, 6.45) is 0.358. The molecule has 3 rings (SSSR count). The highest BCUT2D eigenvalue weighted by Crippen LogP contribution is 2.32. The first kappa shape index (κ1) is 27.7. The summed E-state index contributed by atoms with van der Waals surface area (Å²) in [5.74, 6) is -0.529. The van der Waals surface area contributed by atoms with Crippen molar-refractivity contribution in [1.29, 1.82) is 0 Å². The van der Waals surface area contributed by atoms with Crippen molar-refractivity contribution in [2.45, 2.75) is 37.8 Å². The van der Waals surface area contributed by atoms with Crippen molar-refractivity contribution in [3.05, 3.63) is 90.0 Å². The van der Waals surface area contributed by atoms with Gasteiger partial charge in [-0.15, -0.1) is 0 Å². The first-order chi connectivity index (χ1) is 17.7. The molecule has 9 heteroatoms. The van der Waals surface area contributed by atoms with E-state index in [9.17, 15) is 18.0 Å². The summed E-state index contributed by atoms with van der Waals surface area (Å²) < 4.78 is 34.1. The van der Waals surface area contributed by atoms with Crippen LogP contribution in [0.4, 0.5) is 5.69 Å². The average Bonchev–Trinajstić information content (AvgIpc) is 2.91. The van der Waals surface area contributed by atoms with Crippen molar-refractivity contribution < 1.29 is 22.7 Å². The van der Waals surface area contributed by atoms with Crippen molar-refractivity contribution in [3.63, 3.8) is 0 Å². The van der Waals surface area contributed by atoms with Crippen molar-refractivity contribution in [2.24, 2.45) is 0 Å². The van der Waals surface area contributed by atoms with Crippen LogP contribution >= 0.6 is 0 Å². The molecule has 0 bridgehead atoms. The lowest BCUT2D eigenvalue weighted by molar-refractivity contribution is -0.140. The molecule has 0 aromatic heterocycles. The molecule has 3 aromatic rings. The molecule has 0 aliphatic rings. The van der Waals surface area contributed by atoms with Crippen LogP contribution < -0.4 is 14.4 Å². The molecular weight excluding hydrogens is 490 g/mol. The molecule has 0 spiro atoms. The second-order valence-corrected chi connectivity index (χ2v) is 10.4. The number of hydrogen-bond acceptors (Lipinski definition) is 5. The SMILES string of the molecule is CC[C@H](C(=O)NC)N(Cc1cccc(C)c1)C(=O)CN(c1ccccc1OC)S(=O)(=O)c1ccccc1. The van der Waals surface area contributed by atoms with Gasteiger partial charge in [0.15, 0.2) is 0 Å². The van der Waals surface area contributed by atoms with Crippen LogP contribution in [-0.4, -0.2) is 51.9 Å². The van der Waals surface area contributed by atoms with Crippen LogP contribution in [0.25, 0.3) is 0 Å². The number of methoxy groups -OCH3 is 1. The third kappa shape index (κ3) is 6.48. The van der Waals surface area contributed by atoms with Crippen LogP contribution in [-0.2, 0) is 26.2 Å². The van der Waals surface area contributed by atoms with E-state index >= 15 is 0 Å². The van der Waals surface area contributed by atoms with Crippen LogP contribution in [0.5, 0.6) is 5.75 Å². The number of sulfonamides is 1. The molecule has 196 valence electrons. The largest absolute Gasteiger partial charge is 0.495 e. The zero-order chi connectivity index (χ0) is 27.0. The van der Waals surface area contributed by atoms with E-state index < -0.39 is 28.5 Å². The Morgan fingerprint density at radius 2 is 1.65 bits per heavy atom. The van der Waals surface area contributed by atoms with Gasteiger partial charge in [0.1, 0.15) is 18.3 Å². The molecule has 0 saturated heterocycles. The summed E-state index contributed by atoms with van der Waals surface area (Å²) in [5, 5.41) is 2.62. The molecule has 0 unspecified atom stereocenters. The second kappa shape index (κ2) is 12.4. The van der Waals surface area contributed by atoms with Crippen LogP contribution in [0.2, 0.25) is 0 Å². The molecule has 0 aliphatic heterocycles. The van der Waals surface area contributed by atoms with Gasteiger partial charge in [-0.05, 0) is 43.2 Å². The number of carbonyl (C=O) groups excluding carboxylic acids is 2. The highest BCUT2D eigenvalue weighted by Gasteiger charge is 2.34. The maximum atomic E-state index is 13.9. The topological polar surface area (TPSA) is 96.0 Å². The standard InChI is InChI=1S/C28H33N3O5S/c1-5-24(28(33)29-3)30(19-22-13-11-12-21(2)18-22)27(32)20-31(25-16-9-10-17-26(25)36-4)37(34,35)23-14-7-6-8-15-23/h6-18,24H,5,19-20H2,1-4H3,(H,29,33)/t24-/m1/s1. The Labute approximate surface area is 218 Å². The van der Waals surface area contributed by atoms with E-state index in [1.807, 2.05) is 38.1 Å². The predicted octanol–water partition coefficient (Wildman–Crippen LogP) is 3.75. The van der Waals surface area contributed by atoms with Crippen molar-refractivity contribution in [2.75, 3.05) is 25.0 Å². The van der Waals surface area contributed by atoms with Crippen molar-refractivity contribution >= 4 is 27.5 Å². The summed E-state index contributed by atoms with van der Waals surface area (Å²) in [4.78, 5) is 28.2. The number of benzene rings is 3. The Hall–Kier alpha value is -3.85. The van der Waals surface area contributed by atoms with Crippen molar-refractivity contribution in [1.82, 2.24) is 10.2 Å². The van der Waals surface area contributed by atoms with E-state index in [0.717, 1.165) is 15.4 Å². The minimum Gasteiger partial charge on any atom is -0.495 e. The van der Waals surface area contributed by atoms with Gasteiger partial charge in [0, 0.05) is 13.6 Å². The molecule has 0 radical (unpaired) electrons. The lowest BCUT2D eigenvalue weighted by Crippen LogP contribution is -2.51. The maximum absolute atomic E-state index is 13.9. The molecule has 0 aliphatic carbocycles. The van der Waals surface area contributed by atoms with Gasteiger partial charge in [0.05, 0.1) is 17.7 Å². The molecule has 1 N–H and O–H groups in total. The van der Waals surface area contributed by atoms with E-state index in [4.69, 9.17) is 4.74 Å². The van der Waals surface area contributed by atoms with E-state index in [2.05, 4.69) is 5.32 Å². The van der Waals surface area contributed by atoms with Gasteiger partial charge in [-0.2, -0.15) is 0 Å². The molecule has 37 heavy (non-hydrogen) atoms. The minimum atomic E-state index is -4.15. The van der Waals surface area contributed by atoms with Gasteiger partial charge >= 0.3 is 0 Å². The molecular formula is C28H33N3O5S. The number of para-hydroxylation sites is 2. The predicted molar refractivity (Wildman–Crippen MR) is 144 cm³/mol. The first-order valence-electron chi connectivity index (χ1n) is 12.0. The van der Waals surface area contributed by atoms with Gasteiger partial charge < -0.3 is 15.0 Å². The van der Waals surface area contributed by atoms with Gasteiger partial charge in [0.2, 0.25) is 11.8 Å². The zero-order valence-electron chi connectivity index (χ0n) is 21.5. The number of rotatable bonds is 11. The van der Waals surface area contributed by atoms with Crippen LogP contribution in [0, 0.1) is 6.92 Å². The lowest BCUT2D eigenvalue weighted by atomic mass is 10.1. The molecule has 3 aromatic carbocycles. The Balaban J connectivity index is 2.09. The normalized spacial score (nSPS) is 11.9. The second-order valence-electron chi connectivity index (χ2n) is 8.55. The number of carbonyl (C=O) groups is 2. The van der Waals surface area contributed by atoms with Crippen LogP contribution in [0.15, 0.2) is 83.8 Å². The van der Waals surface area contributed by atoms with Gasteiger partial charge in [-0.3, -0.25) is 13.9 Å². The van der Waals surface area contributed by atoms with E-state index in [1.54, 1.807) is 42.5 Å². The fourth-order valence-corrected chi connectivity index (χ4v) is 5.61. The smallest absolute Gasteiger partial charge is 0.264 e. The Bertz CT molecular complexity index is 1330. The number of aryl methyl sites for hydroxylation is 1. The maximum Gasteiger partial charge on any atom is 0.264 e. The quantitative estimate of drug-likeness (QED) is 0.413. The monoisotopic (exact) mass is 523 g/mol. The fraction of sp³-hybridized carbons (Fsp3) is 0.286. The number of hydrogen-bond donors (Lipinski definition) is 1. The molecule has 1 atom stereocenters. The van der Waals surface area contributed by atoms with Crippen LogP contribution in [0.3, 0.4) is 0 Å². The number of anilines is 1. The molecule has 0 fully saturated rings. The Morgan fingerprint density at radius 3 is 2.27 bits per heavy atom. The molecule has 0 heterocycles. The summed E-state index contributed by atoms with van der Waals surface area (Å²) in [5.41, 5.74) is 2.08. The number of nitrogens with one attached hydrogen (secondary N) is 1. The first-order valence-corrected chi connectivity index (χ1v) is 13.4. The highest BCUT2D eigenvalue weighted by molar-refractivity contribution is 7.92. The van der Waals surface area contributed by atoms with E-state index in [-0.39, 0.29) is 23.0 Å². The summed E-state index contributed by atoms with van der Waals surface area (Å²) >= 11 is 0. The third-order valence-corrected chi connectivity index (χ3v) is 7.81. The van der Waals surface area contributed by atoms with Gasteiger partial charge in [-0.1, -0.05) is 67.1 Å². The summed E-state index contributed by atoms with van der Waals surface area (Å²) in [7, 11) is -1.19. The van der Waals surface area contributed by atoms with Crippen LogP contribution in [0.1, 0.15) is 24.5 Å². The van der Waals surface area contributed by atoms with Crippen molar-refractivity contribution in [3.8, 4) is 5.75 Å². The third-order valence-electron chi connectivity index (χ3n) is 6.03. The fourth-order valence-electron chi connectivity index (χ4n) is 4.16. The number of ether oxygens (including phenoxy) is 1. The molecule has 8 nitrogen and oxygen atoms in total. The lowest BCUT2D eigenvalue weighted by Gasteiger charge is -2.33. The molecule has 0 saturated carbocycles. The summed E-state index contributed by atoms with van der Waals surface area (Å²) in [6.45, 7) is 3.39. The summed E-state index contributed by atoms with van der Waals surface area (Å²) in [6, 6.07) is 21.4. The number of amides is 2. The number of likely N-dealkylation sites (N-methyl/N-ethyl adjacent to an activating group) is 1. The number of nitrogens with zero attached hydrogens (tertiary/aromatic N) is 2. The highest BCUT2D eigenvalue weighted by atomic mass is 32.2.